The predicted octanol–water partition coefficient (Wildman–Crippen LogP) is 4.51. The van der Waals surface area contributed by atoms with E-state index in [1.54, 1.807) is 18.2 Å². The van der Waals surface area contributed by atoms with Crippen molar-refractivity contribution in [1.29, 1.82) is 0 Å². The standard InChI is InChI=1S/C27H34FNO5/c1-18(2)29-25(30)27(32-17-20-12-8-9-13-21(20)28)14-22(31-16-19-10-6-5-7-11-19)24-23(15-27)33-26(3,4)34-24/h5-13,18,22-24H,14-17H2,1-4H3,(H,29,30)/t22-,23+,24-,27+/m0/s1. The molecule has 2 aromatic carbocycles. The fourth-order valence-electron chi connectivity index (χ4n) is 4.71. The van der Waals surface area contributed by atoms with Crippen molar-refractivity contribution < 1.29 is 28.1 Å². The van der Waals surface area contributed by atoms with Gasteiger partial charge in [-0.1, -0.05) is 48.5 Å². The number of fused-ring (bicyclic) bond motifs is 1. The molecule has 1 aliphatic heterocycles. The number of carbonyl (C=O) groups is 1. The Morgan fingerprint density at radius 3 is 2.47 bits per heavy atom. The Morgan fingerprint density at radius 1 is 1.06 bits per heavy atom. The SMILES string of the molecule is CC(C)NC(=O)[C@@]1(OCc2ccccc2F)C[C@H](OCc2ccccc2)[C@@H]2OC(C)(C)O[C@@H]2C1. The predicted molar refractivity (Wildman–Crippen MR) is 125 cm³/mol. The average molecular weight is 472 g/mol. The van der Waals surface area contributed by atoms with Crippen LogP contribution in [0.3, 0.4) is 0 Å². The first-order valence-corrected chi connectivity index (χ1v) is 11.9. The summed E-state index contributed by atoms with van der Waals surface area (Å²) in [7, 11) is 0. The second-order valence-corrected chi connectivity index (χ2v) is 9.88. The van der Waals surface area contributed by atoms with E-state index in [1.165, 1.54) is 6.07 Å². The lowest BCUT2D eigenvalue weighted by Crippen LogP contribution is -2.60. The van der Waals surface area contributed by atoms with Crippen LogP contribution in [-0.4, -0.2) is 41.6 Å². The third kappa shape index (κ3) is 5.66. The first kappa shape index (κ1) is 24.8. The second kappa shape index (κ2) is 10.1. The van der Waals surface area contributed by atoms with E-state index in [2.05, 4.69) is 5.32 Å². The number of rotatable bonds is 8. The molecule has 1 amide bonds. The number of benzene rings is 2. The quantitative estimate of drug-likeness (QED) is 0.614. The van der Waals surface area contributed by atoms with Crippen LogP contribution in [0.1, 0.15) is 51.7 Å². The molecule has 0 spiro atoms. The van der Waals surface area contributed by atoms with Crippen LogP contribution in [0.5, 0.6) is 0 Å². The van der Waals surface area contributed by atoms with Crippen molar-refractivity contribution in [2.75, 3.05) is 0 Å². The summed E-state index contributed by atoms with van der Waals surface area (Å²) in [6, 6.07) is 16.2. The van der Waals surface area contributed by atoms with E-state index < -0.39 is 23.6 Å². The Morgan fingerprint density at radius 2 is 1.76 bits per heavy atom. The molecule has 4 atom stereocenters. The largest absolute Gasteiger partial charge is 0.371 e. The molecule has 4 rings (SSSR count). The zero-order chi connectivity index (χ0) is 24.3. The van der Waals surface area contributed by atoms with Crippen molar-refractivity contribution in [3.63, 3.8) is 0 Å². The molecular formula is C27H34FNO5. The van der Waals surface area contributed by atoms with Crippen LogP contribution < -0.4 is 5.32 Å². The highest BCUT2D eigenvalue weighted by Gasteiger charge is 2.58. The lowest BCUT2D eigenvalue weighted by atomic mass is 9.78. The average Bonchev–Trinajstić information content (AvgIpc) is 3.11. The summed E-state index contributed by atoms with van der Waals surface area (Å²) in [6.45, 7) is 7.84. The number of carbonyl (C=O) groups excluding carboxylic acids is 1. The van der Waals surface area contributed by atoms with Gasteiger partial charge in [0.15, 0.2) is 11.4 Å². The topological polar surface area (TPSA) is 66.0 Å². The van der Waals surface area contributed by atoms with Crippen LogP contribution in [0.15, 0.2) is 54.6 Å². The second-order valence-electron chi connectivity index (χ2n) is 9.88. The molecule has 2 aromatic rings. The van der Waals surface area contributed by atoms with Gasteiger partial charge in [-0.15, -0.1) is 0 Å². The molecule has 0 aromatic heterocycles. The van der Waals surface area contributed by atoms with Gasteiger partial charge in [0.2, 0.25) is 0 Å². The molecule has 0 unspecified atom stereocenters. The fourth-order valence-corrected chi connectivity index (χ4v) is 4.71. The van der Waals surface area contributed by atoms with Gasteiger partial charge in [0.1, 0.15) is 11.9 Å². The molecule has 0 radical (unpaired) electrons. The minimum absolute atomic E-state index is 0.0365. The van der Waals surface area contributed by atoms with E-state index >= 15 is 0 Å². The number of amides is 1. The summed E-state index contributed by atoms with van der Waals surface area (Å²) >= 11 is 0. The first-order valence-electron chi connectivity index (χ1n) is 11.9. The molecule has 1 saturated heterocycles. The van der Waals surface area contributed by atoms with E-state index in [4.69, 9.17) is 18.9 Å². The van der Waals surface area contributed by atoms with E-state index in [0.717, 1.165) is 5.56 Å². The minimum Gasteiger partial charge on any atom is -0.371 e. The van der Waals surface area contributed by atoms with Crippen LogP contribution in [0.2, 0.25) is 0 Å². The molecule has 1 aliphatic carbocycles. The van der Waals surface area contributed by atoms with E-state index in [1.807, 2.05) is 58.0 Å². The van der Waals surface area contributed by atoms with Crippen molar-refractivity contribution in [1.82, 2.24) is 5.32 Å². The van der Waals surface area contributed by atoms with Crippen molar-refractivity contribution in [2.45, 2.75) is 89.5 Å². The molecule has 0 bridgehead atoms. The van der Waals surface area contributed by atoms with Gasteiger partial charge in [0.25, 0.3) is 5.91 Å². The van der Waals surface area contributed by atoms with Gasteiger partial charge in [0, 0.05) is 24.4 Å². The number of hydrogen-bond acceptors (Lipinski definition) is 5. The van der Waals surface area contributed by atoms with Crippen molar-refractivity contribution in [3.8, 4) is 0 Å². The lowest BCUT2D eigenvalue weighted by molar-refractivity contribution is -0.184. The zero-order valence-electron chi connectivity index (χ0n) is 20.3. The van der Waals surface area contributed by atoms with Crippen molar-refractivity contribution in [3.05, 3.63) is 71.5 Å². The highest BCUT2D eigenvalue weighted by molar-refractivity contribution is 5.85. The molecule has 7 heteroatoms. The summed E-state index contributed by atoms with van der Waals surface area (Å²) in [5, 5.41) is 2.99. The maximum atomic E-state index is 14.3. The van der Waals surface area contributed by atoms with Gasteiger partial charge in [-0.25, -0.2) is 4.39 Å². The Balaban J connectivity index is 1.61. The molecule has 1 heterocycles. The molecule has 1 saturated carbocycles. The summed E-state index contributed by atoms with van der Waals surface area (Å²) in [5.74, 6) is -1.42. The summed E-state index contributed by atoms with van der Waals surface area (Å²) in [5.41, 5.74) is 0.165. The normalized spacial score (nSPS) is 28.0. The first-order chi connectivity index (χ1) is 16.2. The Kier molecular flexibility index (Phi) is 7.38. The molecule has 2 aliphatic rings. The third-order valence-electron chi connectivity index (χ3n) is 6.25. The van der Waals surface area contributed by atoms with Gasteiger partial charge in [-0.3, -0.25) is 4.79 Å². The number of ether oxygens (including phenoxy) is 4. The van der Waals surface area contributed by atoms with Crippen molar-refractivity contribution in [2.24, 2.45) is 0 Å². The number of nitrogens with one attached hydrogen (secondary N) is 1. The summed E-state index contributed by atoms with van der Waals surface area (Å²) < 4.78 is 39.3. The highest BCUT2D eigenvalue weighted by atomic mass is 19.1. The lowest BCUT2D eigenvalue weighted by Gasteiger charge is -2.43. The number of hydrogen-bond donors (Lipinski definition) is 1. The van der Waals surface area contributed by atoms with E-state index in [-0.39, 0.29) is 36.9 Å². The molecule has 2 fully saturated rings. The van der Waals surface area contributed by atoms with Gasteiger partial charge in [0.05, 0.1) is 25.4 Å². The summed E-state index contributed by atoms with van der Waals surface area (Å²) in [6.07, 6.45) is -0.620. The minimum atomic E-state index is -1.25. The van der Waals surface area contributed by atoms with Gasteiger partial charge in [-0.2, -0.15) is 0 Å². The Labute approximate surface area is 200 Å². The maximum absolute atomic E-state index is 14.3. The van der Waals surface area contributed by atoms with Crippen LogP contribution in [0.25, 0.3) is 0 Å². The van der Waals surface area contributed by atoms with Crippen LogP contribution in [0, 0.1) is 5.82 Å². The molecular weight excluding hydrogens is 437 g/mol. The van der Waals surface area contributed by atoms with Gasteiger partial charge < -0.3 is 24.3 Å². The smallest absolute Gasteiger partial charge is 0.252 e. The number of halogens is 1. The molecule has 6 nitrogen and oxygen atoms in total. The molecule has 1 N–H and O–H groups in total. The van der Waals surface area contributed by atoms with E-state index in [9.17, 15) is 9.18 Å². The Hall–Kier alpha value is -2.32. The van der Waals surface area contributed by atoms with Gasteiger partial charge >= 0.3 is 0 Å². The van der Waals surface area contributed by atoms with Gasteiger partial charge in [-0.05, 0) is 39.3 Å². The Bertz CT molecular complexity index is 982. The fraction of sp³-hybridized carbons (Fsp3) is 0.519. The van der Waals surface area contributed by atoms with Crippen LogP contribution in [0.4, 0.5) is 4.39 Å². The van der Waals surface area contributed by atoms with Crippen LogP contribution >= 0.6 is 0 Å². The molecule has 184 valence electrons. The zero-order valence-corrected chi connectivity index (χ0v) is 20.3. The van der Waals surface area contributed by atoms with Crippen LogP contribution in [-0.2, 0) is 37.0 Å². The highest BCUT2D eigenvalue weighted by Crippen LogP contribution is 2.44. The van der Waals surface area contributed by atoms with Crippen molar-refractivity contribution >= 4 is 5.91 Å². The van der Waals surface area contributed by atoms with E-state index in [0.29, 0.717) is 18.6 Å². The monoisotopic (exact) mass is 471 g/mol. The summed E-state index contributed by atoms with van der Waals surface area (Å²) in [4.78, 5) is 13.5. The maximum Gasteiger partial charge on any atom is 0.252 e. The third-order valence-corrected chi connectivity index (χ3v) is 6.25. The molecule has 34 heavy (non-hydrogen) atoms.